The molecular formula is C19H22ClN3O3. The number of halogens is 1. The maximum absolute atomic E-state index is 12.8. The molecule has 0 bridgehead atoms. The number of nitrogens with zero attached hydrogens (tertiary/aromatic N) is 2. The van der Waals surface area contributed by atoms with E-state index in [1.165, 1.54) is 0 Å². The fourth-order valence-electron chi connectivity index (χ4n) is 3.04. The first-order chi connectivity index (χ1) is 12.3. The molecule has 2 amide bonds. The van der Waals surface area contributed by atoms with Crippen LogP contribution < -0.4 is 10.1 Å². The Bertz CT molecular complexity index is 783. The van der Waals surface area contributed by atoms with Crippen molar-refractivity contribution >= 4 is 23.3 Å². The van der Waals surface area contributed by atoms with Crippen LogP contribution in [-0.4, -0.2) is 40.7 Å². The van der Waals surface area contributed by atoms with E-state index in [-0.39, 0.29) is 12.1 Å². The van der Waals surface area contributed by atoms with Gasteiger partial charge in [-0.05, 0) is 45.0 Å². The highest BCUT2D eigenvalue weighted by atomic mass is 35.5. The molecule has 2 heterocycles. The summed E-state index contributed by atoms with van der Waals surface area (Å²) in [5, 5.41) is 3.31. The monoisotopic (exact) mass is 375 g/mol. The lowest BCUT2D eigenvalue weighted by molar-refractivity contribution is -0.116. The third-order valence-corrected chi connectivity index (χ3v) is 4.22. The summed E-state index contributed by atoms with van der Waals surface area (Å²) in [5.74, 6) is 0.924. The zero-order chi connectivity index (χ0) is 18.7. The van der Waals surface area contributed by atoms with Crippen LogP contribution in [0.5, 0.6) is 11.5 Å². The maximum Gasteiger partial charge on any atom is 0.322 e. The Morgan fingerprint density at radius 1 is 1.38 bits per heavy atom. The molecule has 3 rings (SSSR count). The number of carbonyl (C=O) groups is 1. The first-order valence-corrected chi connectivity index (χ1v) is 8.82. The van der Waals surface area contributed by atoms with E-state index >= 15 is 0 Å². The van der Waals surface area contributed by atoms with Crippen LogP contribution in [0.4, 0.5) is 10.5 Å². The average Bonchev–Trinajstić information content (AvgIpc) is 2.57. The molecule has 1 aliphatic rings. The van der Waals surface area contributed by atoms with Gasteiger partial charge in [0, 0.05) is 12.7 Å². The fraction of sp³-hybridized carbons (Fsp3) is 0.368. The van der Waals surface area contributed by atoms with Crippen LogP contribution in [0, 0.1) is 0 Å². The summed E-state index contributed by atoms with van der Waals surface area (Å²) in [6.07, 6.45) is 3.21. The van der Waals surface area contributed by atoms with Gasteiger partial charge in [-0.3, -0.25) is 4.98 Å². The fourth-order valence-corrected chi connectivity index (χ4v) is 3.25. The van der Waals surface area contributed by atoms with E-state index in [1.807, 2.05) is 20.8 Å². The number of carbonyl (C=O) groups excluding carboxylic acids is 1. The summed E-state index contributed by atoms with van der Waals surface area (Å²) in [5.41, 5.74) is 0.113. The first kappa shape index (κ1) is 18.5. The lowest BCUT2D eigenvalue weighted by atomic mass is 10.1. The van der Waals surface area contributed by atoms with E-state index in [1.54, 1.807) is 47.6 Å². The van der Waals surface area contributed by atoms with Crippen molar-refractivity contribution in [1.82, 2.24) is 9.88 Å². The van der Waals surface area contributed by atoms with Crippen molar-refractivity contribution in [2.24, 2.45) is 0 Å². The maximum atomic E-state index is 12.8. The number of rotatable bonds is 3. The van der Waals surface area contributed by atoms with Gasteiger partial charge in [0.15, 0.2) is 5.75 Å². The number of aromatic nitrogens is 1. The minimum absolute atomic E-state index is 0.0324. The van der Waals surface area contributed by atoms with Crippen LogP contribution in [0.3, 0.4) is 0 Å². The molecular weight excluding hydrogens is 354 g/mol. The second kappa shape index (κ2) is 7.51. The van der Waals surface area contributed by atoms with E-state index in [9.17, 15) is 4.79 Å². The molecule has 1 saturated heterocycles. The highest BCUT2D eigenvalue weighted by Crippen LogP contribution is 2.36. The van der Waals surface area contributed by atoms with Gasteiger partial charge in [-0.25, -0.2) is 4.79 Å². The summed E-state index contributed by atoms with van der Waals surface area (Å²) in [7, 11) is 0. The number of hydrogen-bond donors (Lipinski definition) is 1. The quantitative estimate of drug-likeness (QED) is 0.854. The molecule has 0 spiro atoms. The van der Waals surface area contributed by atoms with Crippen molar-refractivity contribution in [3.8, 4) is 11.5 Å². The number of para-hydroxylation sites is 1. The number of hydrogen-bond acceptors (Lipinski definition) is 4. The van der Waals surface area contributed by atoms with Gasteiger partial charge in [0.1, 0.15) is 5.75 Å². The molecule has 0 saturated carbocycles. The number of morpholine rings is 1. The number of amides is 2. The van der Waals surface area contributed by atoms with Gasteiger partial charge in [0.05, 0.1) is 35.2 Å². The molecule has 1 unspecified atom stereocenters. The van der Waals surface area contributed by atoms with E-state index in [0.29, 0.717) is 35.3 Å². The SMILES string of the molecule is CC1CN(C(=O)Nc2cccc(Cl)c2Oc2cccnc2)CC(C)(C)O1. The number of ether oxygens (including phenoxy) is 2. The van der Waals surface area contributed by atoms with Crippen LogP contribution in [0.1, 0.15) is 20.8 Å². The van der Waals surface area contributed by atoms with Gasteiger partial charge in [-0.15, -0.1) is 0 Å². The first-order valence-electron chi connectivity index (χ1n) is 8.44. The molecule has 2 aromatic rings. The molecule has 0 radical (unpaired) electrons. The lowest BCUT2D eigenvalue weighted by Gasteiger charge is -2.41. The summed E-state index contributed by atoms with van der Waals surface area (Å²) in [6, 6.07) is 8.55. The molecule has 1 atom stereocenters. The van der Waals surface area contributed by atoms with Crippen molar-refractivity contribution in [2.45, 2.75) is 32.5 Å². The number of pyridine rings is 1. The molecule has 1 aromatic carbocycles. The van der Waals surface area contributed by atoms with E-state index in [4.69, 9.17) is 21.1 Å². The van der Waals surface area contributed by atoms with Crippen molar-refractivity contribution in [3.05, 3.63) is 47.7 Å². The second-order valence-corrected chi connectivity index (χ2v) is 7.31. The van der Waals surface area contributed by atoms with E-state index in [0.717, 1.165) is 0 Å². The van der Waals surface area contributed by atoms with Crippen LogP contribution in [0.25, 0.3) is 0 Å². The molecule has 0 aliphatic carbocycles. The third kappa shape index (κ3) is 4.45. The minimum Gasteiger partial charge on any atom is -0.452 e. The molecule has 7 heteroatoms. The van der Waals surface area contributed by atoms with Crippen LogP contribution in [-0.2, 0) is 4.74 Å². The van der Waals surface area contributed by atoms with Crippen molar-refractivity contribution in [3.63, 3.8) is 0 Å². The number of urea groups is 1. The number of benzene rings is 1. The standard InChI is InChI=1S/C19H22ClN3O3/c1-13-11-23(12-19(2,3)26-13)18(24)22-16-8-4-7-15(20)17(16)25-14-6-5-9-21-10-14/h4-10,13H,11-12H2,1-3H3,(H,22,24). The van der Waals surface area contributed by atoms with Crippen molar-refractivity contribution in [1.29, 1.82) is 0 Å². The Hall–Kier alpha value is -2.31. The van der Waals surface area contributed by atoms with E-state index < -0.39 is 5.60 Å². The molecule has 1 aromatic heterocycles. The second-order valence-electron chi connectivity index (χ2n) is 6.91. The van der Waals surface area contributed by atoms with Gasteiger partial charge < -0.3 is 19.7 Å². The van der Waals surface area contributed by atoms with Gasteiger partial charge in [-0.1, -0.05) is 17.7 Å². The zero-order valence-electron chi connectivity index (χ0n) is 15.0. The predicted molar refractivity (Wildman–Crippen MR) is 101 cm³/mol. The highest BCUT2D eigenvalue weighted by Gasteiger charge is 2.34. The predicted octanol–water partition coefficient (Wildman–Crippen LogP) is 4.56. The Morgan fingerprint density at radius 3 is 2.88 bits per heavy atom. The Labute approximate surface area is 158 Å². The molecule has 26 heavy (non-hydrogen) atoms. The average molecular weight is 376 g/mol. The smallest absolute Gasteiger partial charge is 0.322 e. The Morgan fingerprint density at radius 2 is 2.19 bits per heavy atom. The molecule has 6 nitrogen and oxygen atoms in total. The van der Waals surface area contributed by atoms with Gasteiger partial charge in [0.2, 0.25) is 0 Å². The van der Waals surface area contributed by atoms with Crippen molar-refractivity contribution < 1.29 is 14.3 Å². The molecule has 1 fully saturated rings. The van der Waals surface area contributed by atoms with Crippen LogP contribution in [0.15, 0.2) is 42.7 Å². The summed E-state index contributed by atoms with van der Waals surface area (Å²) in [6.45, 7) is 6.92. The van der Waals surface area contributed by atoms with Gasteiger partial charge >= 0.3 is 6.03 Å². The zero-order valence-corrected chi connectivity index (χ0v) is 15.8. The highest BCUT2D eigenvalue weighted by molar-refractivity contribution is 6.32. The topological polar surface area (TPSA) is 63.7 Å². The summed E-state index contributed by atoms with van der Waals surface area (Å²) in [4.78, 5) is 18.5. The third-order valence-electron chi connectivity index (χ3n) is 3.92. The van der Waals surface area contributed by atoms with Crippen LogP contribution >= 0.6 is 11.6 Å². The number of anilines is 1. The summed E-state index contributed by atoms with van der Waals surface area (Å²) >= 11 is 6.29. The molecule has 1 N–H and O–H groups in total. The molecule has 138 valence electrons. The Kier molecular flexibility index (Phi) is 5.34. The molecule has 1 aliphatic heterocycles. The van der Waals surface area contributed by atoms with Crippen LogP contribution in [0.2, 0.25) is 5.02 Å². The van der Waals surface area contributed by atoms with Gasteiger partial charge in [-0.2, -0.15) is 0 Å². The van der Waals surface area contributed by atoms with Gasteiger partial charge in [0.25, 0.3) is 0 Å². The Balaban J connectivity index is 1.79. The normalized spacial score (nSPS) is 19.1. The summed E-state index contributed by atoms with van der Waals surface area (Å²) < 4.78 is 11.7. The van der Waals surface area contributed by atoms with E-state index in [2.05, 4.69) is 10.3 Å². The minimum atomic E-state index is -0.390. The lowest BCUT2D eigenvalue weighted by Crippen LogP contribution is -2.54. The number of nitrogens with one attached hydrogen (secondary N) is 1. The largest absolute Gasteiger partial charge is 0.452 e. The van der Waals surface area contributed by atoms with Crippen molar-refractivity contribution in [2.75, 3.05) is 18.4 Å².